The fourth-order valence-corrected chi connectivity index (χ4v) is 12.6. The number of fused-ring (bicyclic) bond motifs is 12. The summed E-state index contributed by atoms with van der Waals surface area (Å²) in [6.45, 7) is 16.7. The molecule has 0 aliphatic carbocycles. The summed E-state index contributed by atoms with van der Waals surface area (Å²) in [6, 6.07) is 71.9. The summed E-state index contributed by atoms with van der Waals surface area (Å²) in [4.78, 5) is 53.1. The molecule has 7 aromatic carbocycles. The van der Waals surface area contributed by atoms with Crippen molar-refractivity contribution in [3.63, 3.8) is 0 Å². The maximum Gasteiger partial charge on any atom is 0.216 e. The zero-order valence-corrected chi connectivity index (χ0v) is 69.8. The number of aliphatic hydroxyl groups is 3. The van der Waals surface area contributed by atoms with Crippen LogP contribution in [-0.2, 0) is 74.7 Å². The summed E-state index contributed by atoms with van der Waals surface area (Å²) in [6.07, 6.45) is 8.96. The summed E-state index contributed by atoms with van der Waals surface area (Å²) in [5.41, 5.74) is 18.5. The molecule has 113 heavy (non-hydrogen) atoms. The van der Waals surface area contributed by atoms with Crippen molar-refractivity contribution in [2.75, 3.05) is 0 Å². The number of ketones is 3. The third-order valence-corrected chi connectivity index (χ3v) is 17.3. The number of para-hydroxylation sites is 1. The molecule has 3 N–H and O–H groups in total. The number of aromatic nitrogens is 5. The topological polar surface area (TPSA) is 255 Å². The standard InChI is InChI=1S/C27H19N2O2.C25H13FNO2.C25H15N2O2.3C5H8O2.3Ir/c1-15-6-4-7-16(2)25(15)24-12-18-14-28-22(13-23(18)30-24)21-9-5-8-19-20-11-10-17(3)29-27(20)31-26(19)21;26-17-10-8-15(9-11-17)23-12-16-14-27-21(13-24(16)28-23)20-6-3-5-19-18-4-1-2-7-22(18)29-25(19)20;1-15-10-11-19-18-8-5-9-20(24(18)29-25(19)27-15)21-13-23-17(14-26-21)12-22(28-23)16-6-3-2-4-7-16;3*1-4(6)3-5(2)7;;;/h4-8,10-14H,1-3H3;1-5,7-14H;2-8,10-14H,1H3;3*3,6H,1-2H3;;;/q3*-1;;;;;;. The Bertz CT molecular complexity index is 6530. The number of rotatable bonds is 9. The molecule has 0 saturated carbocycles. The van der Waals surface area contributed by atoms with E-state index in [-0.39, 0.29) is 101 Å². The van der Waals surface area contributed by atoms with Crippen LogP contribution in [0, 0.1) is 51.7 Å². The minimum Gasteiger partial charge on any atom is -0.512 e. The number of allylic oxidation sites excluding steroid dienone is 6. The number of hydrogen-bond acceptors (Lipinski definition) is 17. The zero-order valence-electron chi connectivity index (χ0n) is 62.6. The minimum absolute atomic E-state index is 0. The van der Waals surface area contributed by atoms with E-state index in [0.717, 1.165) is 155 Å². The van der Waals surface area contributed by atoms with Gasteiger partial charge in [0.15, 0.2) is 17.3 Å². The number of pyridine rings is 5. The number of benzene rings is 7. The van der Waals surface area contributed by atoms with E-state index in [0.29, 0.717) is 22.8 Å². The molecule has 0 aliphatic rings. The van der Waals surface area contributed by atoms with Crippen LogP contribution in [0.25, 0.3) is 167 Å². The first-order valence-electron chi connectivity index (χ1n) is 34.9. The van der Waals surface area contributed by atoms with Crippen molar-refractivity contribution in [1.29, 1.82) is 0 Å². The Kier molecular flexibility index (Phi) is 27.1. The van der Waals surface area contributed by atoms with Gasteiger partial charge in [-0.2, -0.15) is 0 Å². The number of halogens is 1. The summed E-state index contributed by atoms with van der Waals surface area (Å²) in [5.74, 6) is 1.89. The van der Waals surface area contributed by atoms with Crippen LogP contribution in [0.1, 0.15) is 64.1 Å². The smallest absolute Gasteiger partial charge is 0.216 e. The van der Waals surface area contributed by atoms with E-state index in [4.69, 9.17) is 46.8 Å². The number of aliphatic hydroxyl groups excluding tert-OH is 3. The Labute approximate surface area is 688 Å². The first-order chi connectivity index (χ1) is 53.0. The van der Waals surface area contributed by atoms with Crippen molar-refractivity contribution in [1.82, 2.24) is 24.9 Å². The van der Waals surface area contributed by atoms with Crippen LogP contribution in [-0.4, -0.2) is 57.6 Å². The van der Waals surface area contributed by atoms with Gasteiger partial charge in [-0.3, -0.25) is 14.4 Å². The summed E-state index contributed by atoms with van der Waals surface area (Å²) in [5, 5.41) is 34.0. The van der Waals surface area contributed by atoms with Gasteiger partial charge in [0.05, 0.1) is 34.0 Å². The van der Waals surface area contributed by atoms with Gasteiger partial charge in [0.2, 0.25) is 11.4 Å². The Morgan fingerprint density at radius 2 is 0.743 bits per heavy atom. The second-order valence-electron chi connectivity index (χ2n) is 26.2. The first-order valence-corrected chi connectivity index (χ1v) is 34.9. The SMILES string of the molecule is CC(=O)C=C(C)O.CC(=O)C=C(C)O.CC(=O)C=C(C)O.Cc1ccc2c(n1)oc1c(-c3cc4oc(-c5c(C)cccc5C)cc4cn3)[c-]ccc12.Cc1ccc2c(n1)oc1c(-c3cc4oc(-c5ccccc5)cc4cn3)[c-]ccc12.Fc1ccc(-c2cc3cnc(-c4[c-]ccc5c4oc4ccccc45)cc3o2)cc1.[Ir].[Ir].[Ir]. The van der Waals surface area contributed by atoms with E-state index in [2.05, 4.69) is 76.2 Å². The fraction of sp³-hybridized carbons (Fsp3) is 0.109. The van der Waals surface area contributed by atoms with E-state index in [9.17, 15) is 18.8 Å². The van der Waals surface area contributed by atoms with Gasteiger partial charge in [0.1, 0.15) is 45.4 Å². The van der Waals surface area contributed by atoms with Gasteiger partial charge in [-0.25, -0.2) is 14.4 Å². The first kappa shape index (κ1) is 83.3. The molecule has 0 amide bonds. The number of carbonyl (C=O) groups excluding carboxylic acids is 3. The average molecular weight is 2030 g/mol. The Morgan fingerprint density at radius 3 is 1.15 bits per heavy atom. The van der Waals surface area contributed by atoms with Crippen LogP contribution in [0.4, 0.5) is 4.39 Å². The fourth-order valence-electron chi connectivity index (χ4n) is 12.6. The summed E-state index contributed by atoms with van der Waals surface area (Å²) < 4.78 is 49.9. The molecule has 573 valence electrons. The quantitative estimate of drug-likeness (QED) is 0.0689. The molecule has 0 fully saturated rings. The van der Waals surface area contributed by atoms with Crippen molar-refractivity contribution < 1.29 is 121 Å². The van der Waals surface area contributed by atoms with E-state index in [1.54, 1.807) is 18.3 Å². The normalized spacial score (nSPS) is 11.3. The van der Waals surface area contributed by atoms with E-state index >= 15 is 0 Å². The predicted octanol–water partition coefficient (Wildman–Crippen LogP) is 23.9. The number of aryl methyl sites for hydroxylation is 4. The molecule has 0 atom stereocenters. The van der Waals surface area contributed by atoms with Crippen molar-refractivity contribution in [2.24, 2.45) is 0 Å². The van der Waals surface area contributed by atoms with Crippen LogP contribution in [0.2, 0.25) is 0 Å². The maximum absolute atomic E-state index is 13.2. The number of furan rings is 6. The second kappa shape index (κ2) is 36.8. The number of carbonyl (C=O) groups is 3. The van der Waals surface area contributed by atoms with E-state index in [1.165, 1.54) is 83.0 Å². The van der Waals surface area contributed by atoms with Gasteiger partial charge < -0.3 is 56.8 Å². The van der Waals surface area contributed by atoms with Gasteiger partial charge in [0, 0.05) is 158 Å². The molecule has 0 spiro atoms. The molecule has 0 aliphatic heterocycles. The molecule has 3 radical (unpaired) electrons. The molecular weight excluding hydrogens is 1960 g/mol. The summed E-state index contributed by atoms with van der Waals surface area (Å²) >= 11 is 0. The third kappa shape index (κ3) is 19.4. The number of hydrogen-bond donors (Lipinski definition) is 3. The van der Waals surface area contributed by atoms with Crippen molar-refractivity contribution >= 4 is 116 Å². The van der Waals surface area contributed by atoms with Crippen molar-refractivity contribution in [3.8, 4) is 67.7 Å². The summed E-state index contributed by atoms with van der Waals surface area (Å²) in [7, 11) is 0. The van der Waals surface area contributed by atoms with Crippen LogP contribution < -0.4 is 0 Å². The molecule has 18 rings (SSSR count). The second-order valence-corrected chi connectivity index (χ2v) is 26.2. The van der Waals surface area contributed by atoms with Crippen molar-refractivity contribution in [2.45, 2.75) is 69.2 Å². The number of nitrogens with zero attached hydrogens (tertiary/aromatic N) is 5. The molecule has 17 nitrogen and oxygen atoms in total. The molecule has 18 aromatic rings. The van der Waals surface area contributed by atoms with E-state index in [1.807, 2.05) is 172 Å². The molecule has 0 bridgehead atoms. The molecule has 0 saturated heterocycles. The zero-order chi connectivity index (χ0) is 77.4. The van der Waals surface area contributed by atoms with Crippen LogP contribution >= 0.6 is 0 Å². The van der Waals surface area contributed by atoms with Crippen LogP contribution in [0.5, 0.6) is 0 Å². The third-order valence-electron chi connectivity index (χ3n) is 17.3. The van der Waals surface area contributed by atoms with Crippen LogP contribution in [0.3, 0.4) is 0 Å². The predicted molar refractivity (Wildman–Crippen MR) is 429 cm³/mol. The van der Waals surface area contributed by atoms with Gasteiger partial charge >= 0.3 is 0 Å². The van der Waals surface area contributed by atoms with Crippen LogP contribution in [0.15, 0.2) is 275 Å². The maximum atomic E-state index is 13.2. The van der Waals surface area contributed by atoms with Gasteiger partial charge in [-0.05, 0) is 188 Å². The van der Waals surface area contributed by atoms with Gasteiger partial charge in [-0.15, -0.1) is 54.6 Å². The molecule has 11 heterocycles. The molecule has 0 unspecified atom stereocenters. The minimum atomic E-state index is -0.275. The molecular formula is C92H71FIr3N5O12-3. The van der Waals surface area contributed by atoms with Crippen molar-refractivity contribution in [3.05, 3.63) is 295 Å². The monoisotopic (exact) mass is 2040 g/mol. The van der Waals surface area contributed by atoms with E-state index < -0.39 is 0 Å². The van der Waals surface area contributed by atoms with Gasteiger partial charge in [0.25, 0.3) is 0 Å². The Hall–Kier alpha value is -12.2. The average Bonchev–Trinajstić information content (AvgIpc) is 1.63. The molecule has 11 aromatic heterocycles. The van der Waals surface area contributed by atoms with Gasteiger partial charge in [-0.1, -0.05) is 99.6 Å². The Morgan fingerprint density at radius 1 is 0.372 bits per heavy atom. The largest absolute Gasteiger partial charge is 0.512 e. The molecule has 21 heteroatoms. The Balaban J connectivity index is 0.000000157.